The second-order valence-corrected chi connectivity index (χ2v) is 8.06. The van der Waals surface area contributed by atoms with Gasteiger partial charge in [0.25, 0.3) is 0 Å². The molecule has 0 spiro atoms. The van der Waals surface area contributed by atoms with Crippen LogP contribution in [0, 0.1) is 0 Å². The van der Waals surface area contributed by atoms with Crippen LogP contribution in [0.3, 0.4) is 0 Å². The summed E-state index contributed by atoms with van der Waals surface area (Å²) in [5.74, 6) is 0.818. The molecule has 29 heavy (non-hydrogen) atoms. The maximum atomic E-state index is 6.18. The number of guanidine groups is 1. The van der Waals surface area contributed by atoms with Gasteiger partial charge in [0.1, 0.15) is 0 Å². The van der Waals surface area contributed by atoms with E-state index in [9.17, 15) is 0 Å². The van der Waals surface area contributed by atoms with Crippen molar-refractivity contribution in [1.82, 2.24) is 20.2 Å². The number of hydrogen-bond acceptors (Lipinski definition) is 2. The number of nitrogens with zero attached hydrogens (tertiary/aromatic N) is 3. The highest BCUT2D eigenvalue weighted by atomic mass is 35.5. The SMILES string of the molecule is CN=C(NCc1cccc(Cn2ccnc2)c1)NCC1(c2cccc(Cl)c2)CC1. The lowest BCUT2D eigenvalue weighted by Crippen LogP contribution is -2.40. The molecule has 5 nitrogen and oxygen atoms in total. The third-order valence-corrected chi connectivity index (χ3v) is 5.72. The van der Waals surface area contributed by atoms with Gasteiger partial charge in [-0.05, 0) is 41.7 Å². The van der Waals surface area contributed by atoms with Gasteiger partial charge in [0, 0.05) is 49.5 Å². The Bertz CT molecular complexity index is 976. The topological polar surface area (TPSA) is 54.2 Å². The van der Waals surface area contributed by atoms with Gasteiger partial charge in [-0.1, -0.05) is 48.0 Å². The fourth-order valence-corrected chi connectivity index (χ4v) is 3.82. The zero-order chi connectivity index (χ0) is 20.1. The minimum absolute atomic E-state index is 0.174. The van der Waals surface area contributed by atoms with Crippen molar-refractivity contribution in [3.63, 3.8) is 0 Å². The van der Waals surface area contributed by atoms with Crippen molar-refractivity contribution in [3.8, 4) is 0 Å². The van der Waals surface area contributed by atoms with E-state index in [4.69, 9.17) is 11.6 Å². The predicted molar refractivity (Wildman–Crippen MR) is 118 cm³/mol. The van der Waals surface area contributed by atoms with E-state index in [0.29, 0.717) is 0 Å². The van der Waals surface area contributed by atoms with Crippen molar-refractivity contribution in [2.24, 2.45) is 4.99 Å². The molecule has 1 heterocycles. The summed E-state index contributed by atoms with van der Waals surface area (Å²) in [5, 5.41) is 7.72. The fourth-order valence-electron chi connectivity index (χ4n) is 3.63. The van der Waals surface area contributed by atoms with E-state index < -0.39 is 0 Å². The highest BCUT2D eigenvalue weighted by Gasteiger charge is 2.44. The van der Waals surface area contributed by atoms with Crippen LogP contribution in [-0.2, 0) is 18.5 Å². The van der Waals surface area contributed by atoms with Gasteiger partial charge >= 0.3 is 0 Å². The second kappa shape index (κ2) is 8.70. The maximum Gasteiger partial charge on any atom is 0.191 e. The van der Waals surface area contributed by atoms with Gasteiger partial charge in [0.05, 0.1) is 6.33 Å². The standard InChI is InChI=1S/C23H26ClN5/c1-25-22(28-16-23(8-9-23)20-6-3-7-21(24)13-20)27-14-18-4-2-5-19(12-18)15-29-11-10-26-17-29/h2-7,10-13,17H,8-9,14-16H2,1H3,(H2,25,27,28). The lowest BCUT2D eigenvalue weighted by atomic mass is 9.96. The molecule has 0 unspecified atom stereocenters. The minimum atomic E-state index is 0.174. The Morgan fingerprint density at radius 1 is 1.14 bits per heavy atom. The Kier molecular flexibility index (Phi) is 5.86. The summed E-state index contributed by atoms with van der Waals surface area (Å²) < 4.78 is 2.07. The van der Waals surface area contributed by atoms with Crippen molar-refractivity contribution >= 4 is 17.6 Å². The predicted octanol–water partition coefficient (Wildman–Crippen LogP) is 3.98. The van der Waals surface area contributed by atoms with E-state index in [-0.39, 0.29) is 5.41 Å². The Morgan fingerprint density at radius 2 is 1.97 bits per heavy atom. The van der Waals surface area contributed by atoms with Gasteiger partial charge < -0.3 is 15.2 Å². The number of aliphatic imine (C=N–C) groups is 1. The van der Waals surface area contributed by atoms with Crippen molar-refractivity contribution in [1.29, 1.82) is 0 Å². The highest BCUT2D eigenvalue weighted by molar-refractivity contribution is 6.30. The smallest absolute Gasteiger partial charge is 0.191 e. The molecular formula is C23H26ClN5. The van der Waals surface area contributed by atoms with Crippen molar-refractivity contribution in [2.75, 3.05) is 13.6 Å². The first-order valence-electron chi connectivity index (χ1n) is 9.91. The number of imidazole rings is 1. The number of aromatic nitrogens is 2. The van der Waals surface area contributed by atoms with E-state index in [0.717, 1.165) is 30.6 Å². The van der Waals surface area contributed by atoms with Crippen LogP contribution >= 0.6 is 11.6 Å². The normalized spacial score (nSPS) is 15.2. The van der Waals surface area contributed by atoms with Crippen molar-refractivity contribution in [3.05, 3.63) is 89.0 Å². The van der Waals surface area contributed by atoms with E-state index in [1.54, 1.807) is 6.20 Å². The molecule has 3 aromatic rings. The number of rotatable bonds is 7. The van der Waals surface area contributed by atoms with E-state index >= 15 is 0 Å². The third kappa shape index (κ3) is 4.98. The highest BCUT2D eigenvalue weighted by Crippen LogP contribution is 2.48. The number of hydrogen-bond donors (Lipinski definition) is 2. The molecule has 1 saturated carbocycles. The minimum Gasteiger partial charge on any atom is -0.356 e. The molecule has 0 amide bonds. The van der Waals surface area contributed by atoms with Gasteiger partial charge in [0.2, 0.25) is 0 Å². The van der Waals surface area contributed by atoms with Crippen LogP contribution in [0.25, 0.3) is 0 Å². The number of nitrogens with one attached hydrogen (secondary N) is 2. The van der Waals surface area contributed by atoms with Crippen LogP contribution in [-0.4, -0.2) is 29.1 Å². The molecule has 0 aliphatic heterocycles. The lowest BCUT2D eigenvalue weighted by Gasteiger charge is -2.19. The maximum absolute atomic E-state index is 6.18. The molecular weight excluding hydrogens is 382 g/mol. The van der Waals surface area contributed by atoms with Gasteiger partial charge in [0.15, 0.2) is 5.96 Å². The molecule has 150 valence electrons. The Balaban J connectivity index is 1.32. The fraction of sp³-hybridized carbons (Fsp3) is 0.304. The molecule has 1 aliphatic carbocycles. The van der Waals surface area contributed by atoms with Crippen LogP contribution in [0.5, 0.6) is 0 Å². The number of benzene rings is 2. The first-order valence-corrected chi connectivity index (χ1v) is 10.3. The van der Waals surface area contributed by atoms with Crippen LogP contribution in [0.2, 0.25) is 5.02 Å². The molecule has 2 aromatic carbocycles. The zero-order valence-corrected chi connectivity index (χ0v) is 17.4. The van der Waals surface area contributed by atoms with E-state index in [1.165, 1.54) is 29.5 Å². The van der Waals surface area contributed by atoms with Crippen LogP contribution in [0.4, 0.5) is 0 Å². The molecule has 6 heteroatoms. The molecule has 0 bridgehead atoms. The van der Waals surface area contributed by atoms with Gasteiger partial charge in [-0.2, -0.15) is 0 Å². The summed E-state index contributed by atoms with van der Waals surface area (Å²) in [6.07, 6.45) is 7.97. The second-order valence-electron chi connectivity index (χ2n) is 7.62. The first kappa shape index (κ1) is 19.5. The molecule has 0 atom stereocenters. The molecule has 1 aromatic heterocycles. The molecule has 0 radical (unpaired) electrons. The lowest BCUT2D eigenvalue weighted by molar-refractivity contribution is 0.645. The largest absolute Gasteiger partial charge is 0.356 e. The van der Waals surface area contributed by atoms with Crippen molar-refractivity contribution < 1.29 is 0 Å². The molecule has 4 rings (SSSR count). The van der Waals surface area contributed by atoms with Gasteiger partial charge in [-0.25, -0.2) is 4.98 Å². The molecule has 1 fully saturated rings. The average Bonchev–Trinajstić information content (AvgIpc) is 3.36. The zero-order valence-electron chi connectivity index (χ0n) is 16.6. The molecule has 0 saturated heterocycles. The quantitative estimate of drug-likeness (QED) is 0.460. The van der Waals surface area contributed by atoms with Crippen LogP contribution < -0.4 is 10.6 Å². The summed E-state index contributed by atoms with van der Waals surface area (Å²) in [4.78, 5) is 8.49. The van der Waals surface area contributed by atoms with E-state index in [1.807, 2.05) is 31.7 Å². The van der Waals surface area contributed by atoms with E-state index in [2.05, 4.69) is 61.6 Å². The Morgan fingerprint density at radius 3 is 2.69 bits per heavy atom. The molecule has 2 N–H and O–H groups in total. The summed E-state index contributed by atoms with van der Waals surface area (Å²) in [6, 6.07) is 16.8. The average molecular weight is 408 g/mol. The summed E-state index contributed by atoms with van der Waals surface area (Å²) >= 11 is 6.18. The Hall–Kier alpha value is -2.79. The van der Waals surface area contributed by atoms with Gasteiger partial charge in [-0.3, -0.25) is 4.99 Å². The van der Waals surface area contributed by atoms with Crippen LogP contribution in [0.15, 0.2) is 72.2 Å². The summed E-state index contributed by atoms with van der Waals surface area (Å²) in [5.41, 5.74) is 3.96. The monoisotopic (exact) mass is 407 g/mol. The summed E-state index contributed by atoms with van der Waals surface area (Å²) in [6.45, 7) is 2.40. The number of halogens is 1. The first-order chi connectivity index (χ1) is 14.2. The summed E-state index contributed by atoms with van der Waals surface area (Å²) in [7, 11) is 1.81. The third-order valence-electron chi connectivity index (χ3n) is 5.48. The van der Waals surface area contributed by atoms with Crippen LogP contribution in [0.1, 0.15) is 29.5 Å². The van der Waals surface area contributed by atoms with Gasteiger partial charge in [-0.15, -0.1) is 0 Å². The Labute approximate surface area is 176 Å². The molecule has 1 aliphatic rings. The van der Waals surface area contributed by atoms with Crippen molar-refractivity contribution in [2.45, 2.75) is 31.3 Å².